The van der Waals surface area contributed by atoms with E-state index in [0.29, 0.717) is 6.54 Å². The molecular weight excluding hydrogens is 334 g/mol. The van der Waals surface area contributed by atoms with Crippen LogP contribution in [0.1, 0.15) is 25.3 Å². The molecule has 1 fully saturated rings. The number of hydrogen-bond acceptors (Lipinski definition) is 5. The summed E-state index contributed by atoms with van der Waals surface area (Å²) in [4.78, 5) is 16.1. The third-order valence-corrected chi connectivity index (χ3v) is 5.07. The Labute approximate surface area is 160 Å². The summed E-state index contributed by atoms with van der Waals surface area (Å²) in [7, 11) is 0. The molecular formula is C22H25N5. The SMILES string of the molecule is CC1CCN(c2nc(NCc3ccncc3)cc(-c3ccccc3)n2)CC1. The average Bonchev–Trinajstić information content (AvgIpc) is 2.74. The van der Waals surface area contributed by atoms with Crippen LogP contribution in [0.25, 0.3) is 11.3 Å². The zero-order valence-corrected chi connectivity index (χ0v) is 15.7. The smallest absolute Gasteiger partial charge is 0.227 e. The third-order valence-electron chi connectivity index (χ3n) is 5.07. The molecule has 0 aliphatic carbocycles. The Morgan fingerprint density at radius 1 is 1.00 bits per heavy atom. The summed E-state index contributed by atoms with van der Waals surface area (Å²) in [5, 5.41) is 3.45. The van der Waals surface area contributed by atoms with Crippen LogP contribution in [-0.2, 0) is 6.54 Å². The highest BCUT2D eigenvalue weighted by molar-refractivity contribution is 5.64. The summed E-state index contributed by atoms with van der Waals surface area (Å²) in [5.74, 6) is 2.46. The number of rotatable bonds is 5. The molecule has 5 nitrogen and oxygen atoms in total. The van der Waals surface area contributed by atoms with Gasteiger partial charge in [0.05, 0.1) is 5.69 Å². The molecule has 0 radical (unpaired) electrons. The van der Waals surface area contributed by atoms with Crippen LogP contribution in [0.5, 0.6) is 0 Å². The molecule has 0 amide bonds. The van der Waals surface area contributed by atoms with Gasteiger partial charge in [-0.2, -0.15) is 4.98 Å². The number of hydrogen-bond donors (Lipinski definition) is 1. The number of pyridine rings is 1. The van der Waals surface area contributed by atoms with Crippen LogP contribution in [-0.4, -0.2) is 28.0 Å². The van der Waals surface area contributed by atoms with Crippen molar-refractivity contribution in [3.05, 3.63) is 66.5 Å². The zero-order valence-electron chi connectivity index (χ0n) is 15.7. The number of anilines is 2. The Balaban J connectivity index is 1.62. The molecule has 1 aromatic carbocycles. The van der Waals surface area contributed by atoms with Gasteiger partial charge in [0.25, 0.3) is 0 Å². The molecule has 1 aliphatic heterocycles. The van der Waals surface area contributed by atoms with Crippen molar-refractivity contribution in [2.45, 2.75) is 26.3 Å². The van der Waals surface area contributed by atoms with Gasteiger partial charge < -0.3 is 10.2 Å². The summed E-state index contributed by atoms with van der Waals surface area (Å²) in [6.07, 6.45) is 6.01. The van der Waals surface area contributed by atoms with E-state index in [4.69, 9.17) is 9.97 Å². The first-order valence-electron chi connectivity index (χ1n) is 9.60. The first-order valence-corrected chi connectivity index (χ1v) is 9.60. The predicted octanol–water partition coefficient (Wildman–Crippen LogP) is 4.39. The van der Waals surface area contributed by atoms with Gasteiger partial charge >= 0.3 is 0 Å². The van der Waals surface area contributed by atoms with Gasteiger partial charge in [0.1, 0.15) is 5.82 Å². The molecule has 0 unspecified atom stereocenters. The molecule has 2 aromatic heterocycles. The maximum Gasteiger partial charge on any atom is 0.227 e. The molecule has 5 heteroatoms. The summed E-state index contributed by atoms with van der Waals surface area (Å²) < 4.78 is 0. The summed E-state index contributed by atoms with van der Waals surface area (Å²) >= 11 is 0. The molecule has 0 bridgehead atoms. The van der Waals surface area contributed by atoms with Gasteiger partial charge in [-0.25, -0.2) is 4.98 Å². The largest absolute Gasteiger partial charge is 0.366 e. The number of nitrogens with one attached hydrogen (secondary N) is 1. The van der Waals surface area contributed by atoms with E-state index in [9.17, 15) is 0 Å². The standard InChI is InChI=1S/C22H25N5/c1-17-9-13-27(14-10-17)22-25-20(19-5-3-2-4-6-19)15-21(26-22)24-16-18-7-11-23-12-8-18/h2-8,11-12,15,17H,9-10,13-14,16H2,1H3,(H,24,25,26). The molecule has 3 heterocycles. The quantitative estimate of drug-likeness (QED) is 0.732. The normalized spacial score (nSPS) is 14.9. The van der Waals surface area contributed by atoms with Crippen molar-refractivity contribution >= 4 is 11.8 Å². The minimum absolute atomic E-state index is 0.713. The highest BCUT2D eigenvalue weighted by Gasteiger charge is 2.19. The monoisotopic (exact) mass is 359 g/mol. The van der Waals surface area contributed by atoms with Crippen molar-refractivity contribution in [2.24, 2.45) is 5.92 Å². The Bertz CT molecular complexity index is 858. The Morgan fingerprint density at radius 2 is 1.74 bits per heavy atom. The van der Waals surface area contributed by atoms with E-state index in [1.165, 1.54) is 18.4 Å². The van der Waals surface area contributed by atoms with E-state index >= 15 is 0 Å². The Morgan fingerprint density at radius 3 is 2.48 bits per heavy atom. The lowest BCUT2D eigenvalue weighted by Gasteiger charge is -2.30. The van der Waals surface area contributed by atoms with Crippen molar-refractivity contribution in [3.8, 4) is 11.3 Å². The molecule has 1 saturated heterocycles. The van der Waals surface area contributed by atoms with Gasteiger partial charge in [-0.15, -0.1) is 0 Å². The van der Waals surface area contributed by atoms with Gasteiger partial charge in [-0.05, 0) is 36.5 Å². The van der Waals surface area contributed by atoms with Gasteiger partial charge in [0.15, 0.2) is 0 Å². The Kier molecular flexibility index (Phi) is 5.28. The second-order valence-electron chi connectivity index (χ2n) is 7.18. The lowest BCUT2D eigenvalue weighted by molar-refractivity contribution is 0.434. The molecule has 1 N–H and O–H groups in total. The van der Waals surface area contributed by atoms with Crippen LogP contribution in [0.2, 0.25) is 0 Å². The van der Waals surface area contributed by atoms with Gasteiger partial charge in [-0.1, -0.05) is 37.3 Å². The zero-order chi connectivity index (χ0) is 18.5. The van der Waals surface area contributed by atoms with Crippen LogP contribution in [0, 0.1) is 5.92 Å². The van der Waals surface area contributed by atoms with E-state index in [2.05, 4.69) is 34.3 Å². The van der Waals surface area contributed by atoms with Gasteiger partial charge in [0, 0.05) is 43.7 Å². The van der Waals surface area contributed by atoms with Crippen molar-refractivity contribution in [1.29, 1.82) is 0 Å². The summed E-state index contributed by atoms with van der Waals surface area (Å²) in [6.45, 7) is 5.07. The second kappa shape index (κ2) is 8.16. The maximum absolute atomic E-state index is 4.87. The molecule has 3 aromatic rings. The topological polar surface area (TPSA) is 53.9 Å². The molecule has 138 valence electrons. The van der Waals surface area contributed by atoms with Gasteiger partial charge in [0.2, 0.25) is 5.95 Å². The summed E-state index contributed by atoms with van der Waals surface area (Å²) in [5.41, 5.74) is 3.24. The fraction of sp³-hybridized carbons (Fsp3) is 0.318. The van der Waals surface area contributed by atoms with Crippen LogP contribution in [0.15, 0.2) is 60.9 Å². The van der Waals surface area contributed by atoms with E-state index in [-0.39, 0.29) is 0 Å². The van der Waals surface area contributed by atoms with E-state index in [0.717, 1.165) is 42.0 Å². The highest BCUT2D eigenvalue weighted by atomic mass is 15.3. The molecule has 0 atom stereocenters. The fourth-order valence-corrected chi connectivity index (χ4v) is 3.33. The molecule has 27 heavy (non-hydrogen) atoms. The predicted molar refractivity (Wildman–Crippen MR) is 110 cm³/mol. The maximum atomic E-state index is 4.87. The van der Waals surface area contributed by atoms with Crippen molar-refractivity contribution in [3.63, 3.8) is 0 Å². The average molecular weight is 359 g/mol. The van der Waals surface area contributed by atoms with E-state index in [1.54, 1.807) is 0 Å². The number of benzene rings is 1. The molecule has 0 saturated carbocycles. The Hall–Kier alpha value is -2.95. The van der Waals surface area contributed by atoms with Crippen LogP contribution >= 0.6 is 0 Å². The first kappa shape index (κ1) is 17.5. The number of nitrogens with zero attached hydrogens (tertiary/aromatic N) is 4. The van der Waals surface area contributed by atoms with Crippen molar-refractivity contribution in [2.75, 3.05) is 23.3 Å². The van der Waals surface area contributed by atoms with Crippen molar-refractivity contribution in [1.82, 2.24) is 15.0 Å². The van der Waals surface area contributed by atoms with Gasteiger partial charge in [-0.3, -0.25) is 4.98 Å². The van der Waals surface area contributed by atoms with Crippen LogP contribution in [0.3, 0.4) is 0 Å². The number of piperidine rings is 1. The van der Waals surface area contributed by atoms with Crippen LogP contribution < -0.4 is 10.2 Å². The molecule has 4 rings (SSSR count). The van der Waals surface area contributed by atoms with Crippen molar-refractivity contribution < 1.29 is 0 Å². The number of aromatic nitrogens is 3. The van der Waals surface area contributed by atoms with Crippen LogP contribution in [0.4, 0.5) is 11.8 Å². The molecule has 1 aliphatic rings. The minimum Gasteiger partial charge on any atom is -0.366 e. The summed E-state index contributed by atoms with van der Waals surface area (Å²) in [6, 6.07) is 16.4. The first-order chi connectivity index (χ1) is 13.3. The third kappa shape index (κ3) is 4.42. The van der Waals surface area contributed by atoms with E-state index < -0.39 is 0 Å². The fourth-order valence-electron chi connectivity index (χ4n) is 3.33. The molecule has 0 spiro atoms. The second-order valence-corrected chi connectivity index (χ2v) is 7.18. The van der Waals surface area contributed by atoms with E-state index in [1.807, 2.05) is 48.8 Å². The lowest BCUT2D eigenvalue weighted by Crippen LogP contribution is -2.34. The lowest BCUT2D eigenvalue weighted by atomic mass is 10.00. The highest BCUT2D eigenvalue weighted by Crippen LogP contribution is 2.26. The minimum atomic E-state index is 0.713.